The molecule has 1 aliphatic carbocycles. The van der Waals surface area contributed by atoms with Gasteiger partial charge < -0.3 is 0 Å². The van der Waals surface area contributed by atoms with E-state index in [1.54, 1.807) is 0 Å². The standard InChI is InChI=1S/C52H32/c1-2-18-36-33(14-1)15-12-27-37(36)34-16-11-17-35(32-34)50-43-23-7-9-25-45(43)52(46-26-10-8-24-44(46)50)49-31-30-48-41-22-6-4-20-39(41)38-19-3-5-21-40(38)42-28-13-29-47(49)51(42)48/h1-32H. The van der Waals surface area contributed by atoms with E-state index in [-0.39, 0.29) is 0 Å². The van der Waals surface area contributed by atoms with Crippen LogP contribution in [0.1, 0.15) is 0 Å². The normalized spacial score (nSPS) is 11.8. The van der Waals surface area contributed by atoms with Gasteiger partial charge in [-0.25, -0.2) is 0 Å². The van der Waals surface area contributed by atoms with Gasteiger partial charge in [-0.15, -0.1) is 0 Å². The van der Waals surface area contributed by atoms with Crippen molar-refractivity contribution in [2.75, 3.05) is 0 Å². The predicted octanol–water partition coefficient (Wildman–Crippen LogP) is 14.6. The molecule has 0 aromatic heterocycles. The van der Waals surface area contributed by atoms with E-state index in [1.807, 2.05) is 0 Å². The molecule has 0 spiro atoms. The van der Waals surface area contributed by atoms with E-state index in [2.05, 4.69) is 194 Å². The second-order valence-corrected chi connectivity index (χ2v) is 13.9. The van der Waals surface area contributed by atoms with Gasteiger partial charge in [0, 0.05) is 0 Å². The van der Waals surface area contributed by atoms with Crippen LogP contribution in [0.3, 0.4) is 0 Å². The highest BCUT2D eigenvalue weighted by Gasteiger charge is 2.24. The first kappa shape index (κ1) is 29.0. The van der Waals surface area contributed by atoms with Crippen molar-refractivity contribution < 1.29 is 0 Å². The van der Waals surface area contributed by atoms with Crippen molar-refractivity contribution in [2.24, 2.45) is 0 Å². The number of rotatable bonds is 3. The lowest BCUT2D eigenvalue weighted by Gasteiger charge is -2.20. The monoisotopic (exact) mass is 656 g/mol. The molecule has 11 rings (SSSR count). The van der Waals surface area contributed by atoms with Crippen LogP contribution in [0.25, 0.3) is 110 Å². The molecule has 0 radical (unpaired) electrons. The predicted molar refractivity (Wildman–Crippen MR) is 223 cm³/mol. The molecule has 0 saturated heterocycles. The maximum absolute atomic E-state index is 2.39. The molecule has 0 amide bonds. The van der Waals surface area contributed by atoms with E-state index < -0.39 is 0 Å². The maximum Gasteiger partial charge on any atom is -0.00201 e. The quantitative estimate of drug-likeness (QED) is 0.166. The van der Waals surface area contributed by atoms with Gasteiger partial charge in [-0.2, -0.15) is 0 Å². The van der Waals surface area contributed by atoms with Gasteiger partial charge in [0.25, 0.3) is 0 Å². The fourth-order valence-electron chi connectivity index (χ4n) is 9.03. The van der Waals surface area contributed by atoms with E-state index in [0.717, 1.165) is 0 Å². The zero-order chi connectivity index (χ0) is 34.2. The van der Waals surface area contributed by atoms with Gasteiger partial charge in [-0.3, -0.25) is 0 Å². The molecule has 0 unspecified atom stereocenters. The van der Waals surface area contributed by atoms with Gasteiger partial charge in [0.2, 0.25) is 0 Å². The van der Waals surface area contributed by atoms with Crippen molar-refractivity contribution in [3.05, 3.63) is 194 Å². The van der Waals surface area contributed by atoms with Gasteiger partial charge in [-0.1, -0.05) is 188 Å². The molecule has 10 aromatic carbocycles. The Morgan fingerprint density at radius 1 is 0.212 bits per heavy atom. The Morgan fingerprint density at radius 3 is 1.29 bits per heavy atom. The smallest absolute Gasteiger partial charge is 0.00201 e. The Kier molecular flexibility index (Phi) is 6.35. The lowest BCUT2D eigenvalue weighted by atomic mass is 9.82. The average molecular weight is 657 g/mol. The van der Waals surface area contributed by atoms with Crippen LogP contribution in [-0.2, 0) is 0 Å². The van der Waals surface area contributed by atoms with Crippen LogP contribution in [0, 0.1) is 0 Å². The van der Waals surface area contributed by atoms with Crippen molar-refractivity contribution >= 4 is 43.1 Å². The molecular formula is C52H32. The Hall–Kier alpha value is -6.76. The third-order valence-corrected chi connectivity index (χ3v) is 11.2. The van der Waals surface area contributed by atoms with Gasteiger partial charge in [-0.05, 0) is 116 Å². The molecular weight excluding hydrogens is 625 g/mol. The zero-order valence-corrected chi connectivity index (χ0v) is 28.5. The number of fused-ring (bicyclic) bond motifs is 8. The molecule has 1 aliphatic rings. The minimum Gasteiger partial charge on any atom is -0.0616 e. The molecule has 52 heavy (non-hydrogen) atoms. The first-order valence-corrected chi connectivity index (χ1v) is 18.1. The lowest BCUT2D eigenvalue weighted by Crippen LogP contribution is -1.93. The summed E-state index contributed by atoms with van der Waals surface area (Å²) < 4.78 is 0. The van der Waals surface area contributed by atoms with Crippen molar-refractivity contribution in [3.63, 3.8) is 0 Å². The fraction of sp³-hybridized carbons (Fsp3) is 0. The SMILES string of the molecule is c1cc(-c2cccc3ccccc23)cc(-c2c3ccccc3c(-c3ccc4c5c(cccc35)-c3ccccc3-c3ccccc3-4)c3ccccc23)c1. The molecule has 0 saturated carbocycles. The van der Waals surface area contributed by atoms with Crippen molar-refractivity contribution in [3.8, 4) is 66.8 Å². The third kappa shape index (κ3) is 4.22. The van der Waals surface area contributed by atoms with E-state index >= 15 is 0 Å². The molecule has 240 valence electrons. The summed E-state index contributed by atoms with van der Waals surface area (Å²) in [7, 11) is 0. The molecule has 0 aliphatic heterocycles. The second kappa shape index (κ2) is 11.4. The highest BCUT2D eigenvalue weighted by atomic mass is 14.3. The van der Waals surface area contributed by atoms with E-state index in [9.17, 15) is 0 Å². The summed E-state index contributed by atoms with van der Waals surface area (Å²) in [5.74, 6) is 0. The zero-order valence-electron chi connectivity index (χ0n) is 28.5. The Balaban J connectivity index is 1.21. The van der Waals surface area contributed by atoms with E-state index in [1.165, 1.54) is 110 Å². The van der Waals surface area contributed by atoms with Crippen molar-refractivity contribution in [1.29, 1.82) is 0 Å². The summed E-state index contributed by atoms with van der Waals surface area (Å²) in [6.07, 6.45) is 0. The molecule has 0 heterocycles. The van der Waals surface area contributed by atoms with Gasteiger partial charge in [0.1, 0.15) is 0 Å². The van der Waals surface area contributed by atoms with Gasteiger partial charge in [0.15, 0.2) is 0 Å². The van der Waals surface area contributed by atoms with Gasteiger partial charge >= 0.3 is 0 Å². The lowest BCUT2D eigenvalue weighted by molar-refractivity contribution is 1.62. The molecule has 0 bridgehead atoms. The second-order valence-electron chi connectivity index (χ2n) is 13.9. The van der Waals surface area contributed by atoms with Crippen molar-refractivity contribution in [2.45, 2.75) is 0 Å². The summed E-state index contributed by atoms with van der Waals surface area (Å²) in [6, 6.07) is 71.9. The van der Waals surface area contributed by atoms with Crippen LogP contribution in [0.4, 0.5) is 0 Å². The fourth-order valence-corrected chi connectivity index (χ4v) is 9.03. The highest BCUT2D eigenvalue weighted by Crippen LogP contribution is 2.51. The molecule has 10 aromatic rings. The average Bonchev–Trinajstić information content (AvgIpc) is 3.34. The first-order chi connectivity index (χ1) is 25.8. The number of hydrogen-bond acceptors (Lipinski definition) is 0. The molecule has 0 nitrogen and oxygen atoms in total. The van der Waals surface area contributed by atoms with Crippen LogP contribution in [0.2, 0.25) is 0 Å². The molecule has 0 N–H and O–H groups in total. The van der Waals surface area contributed by atoms with Gasteiger partial charge in [0.05, 0.1) is 0 Å². The first-order valence-electron chi connectivity index (χ1n) is 18.1. The Bertz CT molecular complexity index is 2960. The summed E-state index contributed by atoms with van der Waals surface area (Å²) >= 11 is 0. The molecule has 0 heteroatoms. The topological polar surface area (TPSA) is 0 Å². The Labute approximate surface area is 302 Å². The summed E-state index contributed by atoms with van der Waals surface area (Å²) in [5.41, 5.74) is 15.3. The van der Waals surface area contributed by atoms with E-state index in [0.29, 0.717) is 0 Å². The summed E-state index contributed by atoms with van der Waals surface area (Å²) in [4.78, 5) is 0. The number of benzene rings is 10. The van der Waals surface area contributed by atoms with Crippen LogP contribution in [-0.4, -0.2) is 0 Å². The summed E-state index contributed by atoms with van der Waals surface area (Å²) in [5, 5.41) is 10.2. The third-order valence-electron chi connectivity index (χ3n) is 11.2. The molecule has 0 fully saturated rings. The van der Waals surface area contributed by atoms with Crippen LogP contribution in [0.5, 0.6) is 0 Å². The Morgan fingerprint density at radius 2 is 0.615 bits per heavy atom. The highest BCUT2D eigenvalue weighted by molar-refractivity contribution is 6.26. The van der Waals surface area contributed by atoms with E-state index in [4.69, 9.17) is 0 Å². The number of hydrogen-bond donors (Lipinski definition) is 0. The maximum atomic E-state index is 2.39. The summed E-state index contributed by atoms with van der Waals surface area (Å²) in [6.45, 7) is 0. The van der Waals surface area contributed by atoms with Crippen LogP contribution in [0.15, 0.2) is 194 Å². The molecule has 0 atom stereocenters. The largest absolute Gasteiger partial charge is 0.0616 e. The minimum atomic E-state index is 1.23. The van der Waals surface area contributed by atoms with Crippen molar-refractivity contribution in [1.82, 2.24) is 0 Å². The van der Waals surface area contributed by atoms with Crippen LogP contribution >= 0.6 is 0 Å². The van der Waals surface area contributed by atoms with Crippen LogP contribution < -0.4 is 0 Å². The minimum absolute atomic E-state index is 1.23.